The molecular weight excluding hydrogens is 296 g/mol. The molecule has 0 unspecified atom stereocenters. The minimum atomic E-state index is -0.321. The first-order valence-corrected chi connectivity index (χ1v) is 8.01. The first-order chi connectivity index (χ1) is 11.1. The Kier molecular flexibility index (Phi) is 6.61. The number of primary amides is 1. The van der Waals surface area contributed by atoms with Crippen LogP contribution in [0.25, 0.3) is 0 Å². The number of carbonyl (C=O) groups excluding carboxylic acids is 2. The number of ether oxygens (including phenoxy) is 1. The topological polar surface area (TPSA) is 79.1 Å². The van der Waals surface area contributed by atoms with Crippen LogP contribution in [-0.2, 0) is 9.53 Å². The van der Waals surface area contributed by atoms with Crippen molar-refractivity contribution in [3.63, 3.8) is 0 Å². The summed E-state index contributed by atoms with van der Waals surface area (Å²) in [6.45, 7) is 8.98. The van der Waals surface area contributed by atoms with E-state index in [1.54, 1.807) is 11.0 Å². The lowest BCUT2D eigenvalue weighted by Gasteiger charge is -2.34. The molecule has 0 saturated carbocycles. The molecule has 0 radical (unpaired) electrons. The van der Waals surface area contributed by atoms with Crippen LogP contribution in [0.5, 0.6) is 0 Å². The van der Waals surface area contributed by atoms with Gasteiger partial charge >= 0.3 is 6.03 Å². The summed E-state index contributed by atoms with van der Waals surface area (Å²) in [6, 6.07) is 0.0149. The number of hydrogen-bond donors (Lipinski definition) is 1. The zero-order valence-corrected chi connectivity index (χ0v) is 13.6. The Bertz CT molecular complexity index is 472. The Morgan fingerprint density at radius 3 is 2.74 bits per heavy atom. The molecule has 23 heavy (non-hydrogen) atoms. The van der Waals surface area contributed by atoms with Gasteiger partial charge in [0.05, 0.1) is 19.8 Å². The molecule has 1 saturated heterocycles. The molecule has 2 aliphatic rings. The van der Waals surface area contributed by atoms with Gasteiger partial charge in [0.2, 0.25) is 5.91 Å². The Labute approximate surface area is 137 Å². The van der Waals surface area contributed by atoms with E-state index in [1.165, 1.54) is 0 Å². The predicted octanol–water partition coefficient (Wildman–Crippen LogP) is 0.0440. The van der Waals surface area contributed by atoms with E-state index in [-0.39, 0.29) is 18.5 Å². The summed E-state index contributed by atoms with van der Waals surface area (Å²) in [5, 5.41) is 0. The second-order valence-electron chi connectivity index (χ2n) is 5.88. The van der Waals surface area contributed by atoms with Crippen molar-refractivity contribution in [2.24, 2.45) is 5.73 Å². The van der Waals surface area contributed by atoms with Gasteiger partial charge in [-0.25, -0.2) is 4.79 Å². The van der Waals surface area contributed by atoms with Crippen LogP contribution in [-0.4, -0.2) is 85.7 Å². The quantitative estimate of drug-likeness (QED) is 0.701. The molecular formula is C16H26N4O3. The van der Waals surface area contributed by atoms with Gasteiger partial charge in [0.25, 0.3) is 0 Å². The number of nitrogens with zero attached hydrogens (tertiary/aromatic N) is 3. The van der Waals surface area contributed by atoms with E-state index in [0.717, 1.165) is 18.5 Å². The van der Waals surface area contributed by atoms with E-state index in [0.29, 0.717) is 45.9 Å². The van der Waals surface area contributed by atoms with Crippen LogP contribution in [0.2, 0.25) is 0 Å². The molecule has 0 aromatic carbocycles. The van der Waals surface area contributed by atoms with Crippen LogP contribution < -0.4 is 5.73 Å². The zero-order valence-electron chi connectivity index (χ0n) is 13.6. The molecule has 0 aromatic heterocycles. The molecule has 2 aliphatic heterocycles. The molecule has 0 aromatic rings. The number of morpholine rings is 1. The second-order valence-corrected chi connectivity index (χ2v) is 5.88. The molecule has 2 heterocycles. The Morgan fingerprint density at radius 1 is 1.35 bits per heavy atom. The average Bonchev–Trinajstić information content (AvgIpc) is 2.54. The molecule has 2 rings (SSSR count). The minimum absolute atomic E-state index is 0.0149. The van der Waals surface area contributed by atoms with E-state index in [4.69, 9.17) is 10.5 Å². The fraction of sp³-hybridized carbons (Fsp3) is 0.625. The number of hydrogen-bond acceptors (Lipinski definition) is 4. The van der Waals surface area contributed by atoms with Crippen LogP contribution in [0.15, 0.2) is 24.3 Å². The lowest BCUT2D eigenvalue weighted by molar-refractivity contribution is -0.119. The van der Waals surface area contributed by atoms with Crippen molar-refractivity contribution >= 4 is 11.9 Å². The van der Waals surface area contributed by atoms with Gasteiger partial charge in [-0.1, -0.05) is 12.2 Å². The Balaban J connectivity index is 1.95. The second kappa shape index (κ2) is 8.69. The summed E-state index contributed by atoms with van der Waals surface area (Å²) in [5.74, 6) is -0.321. The fourth-order valence-corrected chi connectivity index (χ4v) is 2.92. The zero-order chi connectivity index (χ0) is 16.7. The van der Waals surface area contributed by atoms with Crippen LogP contribution in [0.4, 0.5) is 4.79 Å². The molecule has 7 nitrogen and oxygen atoms in total. The van der Waals surface area contributed by atoms with Gasteiger partial charge in [-0.15, -0.1) is 6.58 Å². The van der Waals surface area contributed by atoms with E-state index < -0.39 is 0 Å². The highest BCUT2D eigenvalue weighted by Gasteiger charge is 2.24. The third kappa shape index (κ3) is 5.37. The van der Waals surface area contributed by atoms with Gasteiger partial charge in [-0.2, -0.15) is 0 Å². The SMILES string of the molecule is C=CCN(CC1=CCCN(CC(N)=O)C1)C(=O)N1CCOCC1. The summed E-state index contributed by atoms with van der Waals surface area (Å²) in [4.78, 5) is 29.4. The maximum absolute atomic E-state index is 12.7. The van der Waals surface area contributed by atoms with Gasteiger partial charge < -0.3 is 20.3 Å². The van der Waals surface area contributed by atoms with Gasteiger partial charge in [0, 0.05) is 39.3 Å². The fourth-order valence-electron chi connectivity index (χ4n) is 2.92. The largest absolute Gasteiger partial charge is 0.378 e. The first kappa shape index (κ1) is 17.5. The van der Waals surface area contributed by atoms with Crippen LogP contribution in [0.3, 0.4) is 0 Å². The monoisotopic (exact) mass is 322 g/mol. The summed E-state index contributed by atoms with van der Waals surface area (Å²) >= 11 is 0. The molecule has 1 fully saturated rings. The standard InChI is InChI=1S/C16H26N4O3/c1-2-5-20(16(22)19-7-9-23-10-8-19)12-14-4-3-6-18(11-14)13-15(17)21/h2,4H,1,3,5-13H2,(H2,17,21). The van der Waals surface area contributed by atoms with Crippen molar-refractivity contribution in [3.05, 3.63) is 24.3 Å². The van der Waals surface area contributed by atoms with Gasteiger partial charge in [-0.05, 0) is 12.0 Å². The highest BCUT2D eigenvalue weighted by atomic mass is 16.5. The van der Waals surface area contributed by atoms with E-state index in [2.05, 4.69) is 12.7 Å². The number of urea groups is 1. The Hall–Kier alpha value is -1.86. The maximum Gasteiger partial charge on any atom is 0.320 e. The lowest BCUT2D eigenvalue weighted by atomic mass is 10.1. The van der Waals surface area contributed by atoms with E-state index in [9.17, 15) is 9.59 Å². The smallest absolute Gasteiger partial charge is 0.320 e. The number of carbonyl (C=O) groups is 2. The van der Waals surface area contributed by atoms with Gasteiger partial charge in [-0.3, -0.25) is 9.69 Å². The molecule has 0 spiro atoms. The van der Waals surface area contributed by atoms with Crippen molar-refractivity contribution in [1.82, 2.24) is 14.7 Å². The van der Waals surface area contributed by atoms with Gasteiger partial charge in [0.15, 0.2) is 0 Å². The van der Waals surface area contributed by atoms with Crippen LogP contribution in [0, 0.1) is 0 Å². The van der Waals surface area contributed by atoms with E-state index >= 15 is 0 Å². The highest BCUT2D eigenvalue weighted by molar-refractivity contribution is 5.76. The first-order valence-electron chi connectivity index (χ1n) is 8.01. The summed E-state index contributed by atoms with van der Waals surface area (Å²) in [5.41, 5.74) is 6.41. The normalized spacial score (nSPS) is 19.1. The van der Waals surface area contributed by atoms with E-state index in [1.807, 2.05) is 9.80 Å². The maximum atomic E-state index is 12.7. The lowest BCUT2D eigenvalue weighted by Crippen LogP contribution is -2.49. The highest BCUT2D eigenvalue weighted by Crippen LogP contribution is 2.13. The number of rotatable bonds is 6. The molecule has 7 heteroatoms. The van der Waals surface area contributed by atoms with Crippen molar-refractivity contribution in [1.29, 1.82) is 0 Å². The van der Waals surface area contributed by atoms with Crippen molar-refractivity contribution in [2.45, 2.75) is 6.42 Å². The summed E-state index contributed by atoms with van der Waals surface area (Å²) in [7, 11) is 0. The van der Waals surface area contributed by atoms with Crippen LogP contribution in [0.1, 0.15) is 6.42 Å². The summed E-state index contributed by atoms with van der Waals surface area (Å²) < 4.78 is 5.30. The molecule has 3 amide bonds. The van der Waals surface area contributed by atoms with Crippen LogP contribution >= 0.6 is 0 Å². The average molecular weight is 322 g/mol. The number of amides is 3. The molecule has 0 aliphatic carbocycles. The minimum Gasteiger partial charge on any atom is -0.378 e. The van der Waals surface area contributed by atoms with Crippen molar-refractivity contribution in [3.8, 4) is 0 Å². The van der Waals surface area contributed by atoms with Crippen molar-refractivity contribution < 1.29 is 14.3 Å². The third-order valence-corrected chi connectivity index (χ3v) is 3.98. The Morgan fingerprint density at radius 2 is 2.09 bits per heavy atom. The third-order valence-electron chi connectivity index (χ3n) is 3.98. The number of nitrogens with two attached hydrogens (primary N) is 1. The molecule has 2 N–H and O–H groups in total. The summed E-state index contributed by atoms with van der Waals surface area (Å²) in [6.07, 6.45) is 4.76. The molecule has 0 bridgehead atoms. The molecule has 128 valence electrons. The van der Waals surface area contributed by atoms with Crippen molar-refractivity contribution in [2.75, 3.05) is 59.0 Å². The predicted molar refractivity (Wildman–Crippen MR) is 87.9 cm³/mol. The molecule has 0 atom stereocenters. The van der Waals surface area contributed by atoms with Gasteiger partial charge in [0.1, 0.15) is 0 Å².